The van der Waals surface area contributed by atoms with Crippen molar-refractivity contribution < 1.29 is 0 Å². The number of nitrogens with zero attached hydrogens (tertiary/aromatic N) is 4. The molecule has 90 valence electrons. The molecule has 0 saturated carbocycles. The van der Waals surface area contributed by atoms with Crippen LogP contribution in [0.15, 0.2) is 48.0 Å². The molecule has 0 spiro atoms. The Morgan fingerprint density at radius 1 is 1.22 bits per heavy atom. The zero-order valence-corrected chi connectivity index (χ0v) is 10.8. The average molecular weight is 256 g/mol. The molecule has 18 heavy (non-hydrogen) atoms. The molecule has 3 aromatic heterocycles. The number of hydrogen-bond acceptors (Lipinski definition) is 4. The normalized spacial score (nSPS) is 10.9. The summed E-state index contributed by atoms with van der Waals surface area (Å²) in [5, 5.41) is 0.798. The third-order valence-corrected chi connectivity index (χ3v) is 3.43. The van der Waals surface area contributed by atoms with Crippen molar-refractivity contribution in [3.05, 3.63) is 54.2 Å². The van der Waals surface area contributed by atoms with E-state index < -0.39 is 0 Å². The predicted molar refractivity (Wildman–Crippen MR) is 71.5 cm³/mol. The van der Waals surface area contributed by atoms with Gasteiger partial charge in [0.1, 0.15) is 5.65 Å². The van der Waals surface area contributed by atoms with E-state index in [2.05, 4.69) is 15.0 Å². The summed E-state index contributed by atoms with van der Waals surface area (Å²) in [6.07, 6.45) is 5.83. The van der Waals surface area contributed by atoms with Crippen molar-refractivity contribution in [2.45, 2.75) is 17.8 Å². The number of rotatable bonds is 3. The molecule has 0 N–H and O–H groups in total. The summed E-state index contributed by atoms with van der Waals surface area (Å²) in [6, 6.07) is 7.88. The van der Waals surface area contributed by atoms with Gasteiger partial charge in [-0.1, -0.05) is 17.8 Å². The maximum absolute atomic E-state index is 4.54. The Labute approximate surface area is 109 Å². The molecule has 0 aliphatic heterocycles. The van der Waals surface area contributed by atoms with E-state index in [4.69, 9.17) is 0 Å². The van der Waals surface area contributed by atoms with Gasteiger partial charge in [0.15, 0.2) is 5.16 Å². The average Bonchev–Trinajstić information content (AvgIpc) is 2.79. The molecule has 0 aliphatic carbocycles. The maximum atomic E-state index is 4.54. The first-order valence-corrected chi connectivity index (χ1v) is 6.65. The molecule has 0 bridgehead atoms. The molecule has 4 nitrogen and oxygen atoms in total. The highest BCUT2D eigenvalue weighted by Crippen LogP contribution is 2.18. The number of imidazole rings is 1. The number of aromatic nitrogens is 4. The van der Waals surface area contributed by atoms with Gasteiger partial charge in [-0.3, -0.25) is 0 Å². The SMILES string of the molecule is Cc1ccnc(SCc2cn3ccccc3n2)n1. The molecule has 0 amide bonds. The number of fused-ring (bicyclic) bond motifs is 1. The summed E-state index contributed by atoms with van der Waals surface area (Å²) < 4.78 is 2.02. The summed E-state index contributed by atoms with van der Waals surface area (Å²) in [5.41, 5.74) is 3.00. The third kappa shape index (κ3) is 2.36. The van der Waals surface area contributed by atoms with E-state index in [-0.39, 0.29) is 0 Å². The van der Waals surface area contributed by atoms with Crippen molar-refractivity contribution in [1.82, 2.24) is 19.4 Å². The van der Waals surface area contributed by atoms with Gasteiger partial charge in [0.05, 0.1) is 5.69 Å². The standard InChI is InChI=1S/C13H12N4S/c1-10-5-6-14-13(15-10)18-9-11-8-17-7-3-2-4-12(17)16-11/h2-8H,9H2,1H3. The molecule has 0 aliphatic rings. The third-order valence-electron chi connectivity index (χ3n) is 2.54. The molecule has 3 heterocycles. The van der Waals surface area contributed by atoms with E-state index in [1.165, 1.54) is 0 Å². The number of hydrogen-bond donors (Lipinski definition) is 0. The molecular formula is C13H12N4S. The second kappa shape index (κ2) is 4.78. The fraction of sp³-hybridized carbons (Fsp3) is 0.154. The lowest BCUT2D eigenvalue weighted by molar-refractivity contribution is 0.931. The molecule has 0 radical (unpaired) electrons. The van der Waals surface area contributed by atoms with Gasteiger partial charge < -0.3 is 4.40 Å². The Hall–Kier alpha value is -1.88. The fourth-order valence-electron chi connectivity index (χ4n) is 1.69. The fourth-order valence-corrected chi connectivity index (χ4v) is 2.45. The van der Waals surface area contributed by atoms with Crippen LogP contribution in [0.1, 0.15) is 11.4 Å². The van der Waals surface area contributed by atoms with Crippen LogP contribution in [0.25, 0.3) is 5.65 Å². The highest BCUT2D eigenvalue weighted by atomic mass is 32.2. The van der Waals surface area contributed by atoms with Crippen LogP contribution in [0.4, 0.5) is 0 Å². The first-order chi connectivity index (χ1) is 8.81. The molecule has 0 fully saturated rings. The summed E-state index contributed by atoms with van der Waals surface area (Å²) in [6.45, 7) is 1.97. The van der Waals surface area contributed by atoms with Crippen molar-refractivity contribution in [3.8, 4) is 0 Å². The van der Waals surface area contributed by atoms with Crippen LogP contribution >= 0.6 is 11.8 Å². The highest BCUT2D eigenvalue weighted by Gasteiger charge is 2.03. The Morgan fingerprint density at radius 3 is 3.00 bits per heavy atom. The van der Waals surface area contributed by atoms with E-state index in [0.717, 1.165) is 27.9 Å². The molecule has 3 aromatic rings. The molecule has 5 heteroatoms. The second-order valence-corrected chi connectivity index (χ2v) is 4.91. The van der Waals surface area contributed by atoms with Crippen LogP contribution < -0.4 is 0 Å². The van der Waals surface area contributed by atoms with Crippen molar-refractivity contribution >= 4 is 17.4 Å². The van der Waals surface area contributed by atoms with Gasteiger partial charge in [-0.2, -0.15) is 0 Å². The lowest BCUT2D eigenvalue weighted by Crippen LogP contribution is -1.89. The minimum atomic E-state index is 0.783. The topological polar surface area (TPSA) is 43.1 Å². The predicted octanol–water partition coefficient (Wildman–Crippen LogP) is 2.73. The molecule has 0 aromatic carbocycles. The van der Waals surface area contributed by atoms with Crippen LogP contribution in [-0.2, 0) is 5.75 Å². The molecule has 0 unspecified atom stereocenters. The van der Waals surface area contributed by atoms with Gasteiger partial charge in [0.2, 0.25) is 0 Å². The van der Waals surface area contributed by atoms with E-state index in [1.54, 1.807) is 18.0 Å². The monoisotopic (exact) mass is 256 g/mol. The highest BCUT2D eigenvalue weighted by molar-refractivity contribution is 7.98. The van der Waals surface area contributed by atoms with Gasteiger partial charge in [-0.25, -0.2) is 15.0 Å². The zero-order valence-electron chi connectivity index (χ0n) is 9.95. The van der Waals surface area contributed by atoms with E-state index in [0.29, 0.717) is 0 Å². The van der Waals surface area contributed by atoms with Crippen LogP contribution in [0, 0.1) is 6.92 Å². The lowest BCUT2D eigenvalue weighted by atomic mass is 10.5. The first kappa shape index (κ1) is 11.2. The van der Waals surface area contributed by atoms with E-state index in [1.807, 2.05) is 48.0 Å². The largest absolute Gasteiger partial charge is 0.307 e. The molecule has 0 atom stereocenters. The van der Waals surface area contributed by atoms with Crippen LogP contribution in [0.5, 0.6) is 0 Å². The van der Waals surface area contributed by atoms with Crippen molar-refractivity contribution in [2.24, 2.45) is 0 Å². The lowest BCUT2D eigenvalue weighted by Gasteiger charge is -1.97. The van der Waals surface area contributed by atoms with Gasteiger partial charge in [0, 0.05) is 30.0 Å². The second-order valence-electron chi connectivity index (χ2n) is 3.97. The zero-order chi connectivity index (χ0) is 12.4. The Balaban J connectivity index is 1.76. The van der Waals surface area contributed by atoms with E-state index >= 15 is 0 Å². The van der Waals surface area contributed by atoms with Crippen molar-refractivity contribution in [1.29, 1.82) is 0 Å². The Bertz CT molecular complexity index is 644. The number of thioether (sulfide) groups is 1. The first-order valence-electron chi connectivity index (χ1n) is 5.66. The molecular weight excluding hydrogens is 244 g/mol. The van der Waals surface area contributed by atoms with Crippen LogP contribution in [-0.4, -0.2) is 19.4 Å². The molecule has 3 rings (SSSR count). The minimum Gasteiger partial charge on any atom is -0.307 e. The van der Waals surface area contributed by atoms with Crippen LogP contribution in [0.3, 0.4) is 0 Å². The van der Waals surface area contributed by atoms with Gasteiger partial charge in [-0.15, -0.1) is 0 Å². The maximum Gasteiger partial charge on any atom is 0.188 e. The van der Waals surface area contributed by atoms with Gasteiger partial charge >= 0.3 is 0 Å². The van der Waals surface area contributed by atoms with Gasteiger partial charge in [-0.05, 0) is 25.1 Å². The quantitative estimate of drug-likeness (QED) is 0.534. The smallest absolute Gasteiger partial charge is 0.188 e. The van der Waals surface area contributed by atoms with Crippen molar-refractivity contribution in [2.75, 3.05) is 0 Å². The minimum absolute atomic E-state index is 0.783. The summed E-state index contributed by atoms with van der Waals surface area (Å²) in [4.78, 5) is 13.1. The van der Waals surface area contributed by atoms with Gasteiger partial charge in [0.25, 0.3) is 0 Å². The summed E-state index contributed by atoms with van der Waals surface area (Å²) >= 11 is 1.60. The van der Waals surface area contributed by atoms with Crippen LogP contribution in [0.2, 0.25) is 0 Å². The van der Waals surface area contributed by atoms with Crippen molar-refractivity contribution in [3.63, 3.8) is 0 Å². The summed E-state index contributed by atoms with van der Waals surface area (Å²) in [5.74, 6) is 0.783. The Kier molecular flexibility index (Phi) is 2.98. The number of pyridine rings is 1. The Morgan fingerprint density at radius 2 is 2.17 bits per heavy atom. The summed E-state index contributed by atoms with van der Waals surface area (Å²) in [7, 11) is 0. The molecule has 0 saturated heterocycles. The number of aryl methyl sites for hydroxylation is 1. The van der Waals surface area contributed by atoms with E-state index in [9.17, 15) is 0 Å².